The molecule has 14 heteroatoms. The molecule has 288 valence electrons. The van der Waals surface area contributed by atoms with Crippen molar-refractivity contribution in [2.45, 2.75) is 25.9 Å². The van der Waals surface area contributed by atoms with Gasteiger partial charge < -0.3 is 39.7 Å². The third-order valence-corrected chi connectivity index (χ3v) is 9.80. The van der Waals surface area contributed by atoms with Gasteiger partial charge in [0.2, 0.25) is 5.91 Å². The zero-order chi connectivity index (χ0) is 40.5. The van der Waals surface area contributed by atoms with Gasteiger partial charge in [-0.1, -0.05) is 24.3 Å². The lowest BCUT2D eigenvalue weighted by molar-refractivity contribution is -0.140. The molecular formula is C43H35N3O11. The lowest BCUT2D eigenvalue weighted by Gasteiger charge is -2.23. The second kappa shape index (κ2) is 15.3. The number of anilines is 1. The maximum absolute atomic E-state index is 13.3. The van der Waals surface area contributed by atoms with Crippen LogP contribution in [0.4, 0.5) is 5.69 Å². The molecule has 0 radical (unpaired) electrons. The number of carbonyl (C=O) groups excluding carboxylic acids is 2. The monoisotopic (exact) mass is 769 g/mol. The van der Waals surface area contributed by atoms with E-state index in [4.69, 9.17) is 8.83 Å². The van der Waals surface area contributed by atoms with Gasteiger partial charge in [0, 0.05) is 72.0 Å². The number of aliphatic carboxylic acids is 2. The summed E-state index contributed by atoms with van der Waals surface area (Å²) in [7, 11) is 3.73. The Bertz CT molecular complexity index is 2780. The van der Waals surface area contributed by atoms with Gasteiger partial charge >= 0.3 is 17.6 Å². The normalized spacial score (nSPS) is 13.9. The van der Waals surface area contributed by atoms with Gasteiger partial charge in [-0.2, -0.15) is 0 Å². The van der Waals surface area contributed by atoms with E-state index in [1.165, 1.54) is 48.6 Å². The molecule has 5 N–H and O–H groups in total. The maximum Gasteiger partial charge on any atom is 0.336 e. The van der Waals surface area contributed by atoms with Crippen LogP contribution in [0.2, 0.25) is 0 Å². The summed E-state index contributed by atoms with van der Waals surface area (Å²) in [5.41, 5.74) is 2.78. The van der Waals surface area contributed by atoms with Gasteiger partial charge in [0.25, 0.3) is 5.91 Å². The molecule has 1 unspecified atom stereocenters. The fraction of sp³-hybridized carbons (Fsp3) is 0.163. The first kappa shape index (κ1) is 37.8. The molecule has 0 spiro atoms. The Morgan fingerprint density at radius 1 is 0.842 bits per heavy atom. The molecule has 0 saturated carbocycles. The Morgan fingerprint density at radius 2 is 1.60 bits per heavy atom. The number of fused-ring (bicyclic) bond motifs is 3. The molecule has 14 nitrogen and oxygen atoms in total. The number of carbonyl (C=O) groups is 4. The number of rotatable bonds is 11. The van der Waals surface area contributed by atoms with Crippen molar-refractivity contribution in [3.8, 4) is 17.1 Å². The second-order valence-electron chi connectivity index (χ2n) is 13.8. The Morgan fingerprint density at radius 3 is 2.32 bits per heavy atom. The van der Waals surface area contributed by atoms with Crippen molar-refractivity contribution >= 4 is 57.0 Å². The molecule has 2 amide bonds. The van der Waals surface area contributed by atoms with E-state index in [1.807, 2.05) is 31.1 Å². The first-order valence-corrected chi connectivity index (χ1v) is 17.8. The van der Waals surface area contributed by atoms with Crippen LogP contribution in [-0.2, 0) is 33.9 Å². The summed E-state index contributed by atoms with van der Waals surface area (Å²) in [4.78, 5) is 76.8. The minimum atomic E-state index is -1.34. The van der Waals surface area contributed by atoms with E-state index < -0.39 is 29.4 Å². The smallest absolute Gasteiger partial charge is 0.336 e. The van der Waals surface area contributed by atoms with Crippen molar-refractivity contribution < 1.29 is 43.3 Å². The van der Waals surface area contributed by atoms with E-state index in [2.05, 4.69) is 10.6 Å². The second-order valence-corrected chi connectivity index (χ2v) is 13.8. The van der Waals surface area contributed by atoms with Crippen molar-refractivity contribution in [1.29, 1.82) is 0 Å². The van der Waals surface area contributed by atoms with E-state index in [0.717, 1.165) is 5.69 Å². The highest BCUT2D eigenvalue weighted by atomic mass is 16.4. The van der Waals surface area contributed by atoms with Gasteiger partial charge in [-0.25, -0.2) is 9.59 Å². The van der Waals surface area contributed by atoms with Gasteiger partial charge in [-0.05, 0) is 71.7 Å². The van der Waals surface area contributed by atoms with Gasteiger partial charge in [-0.3, -0.25) is 19.2 Å². The van der Waals surface area contributed by atoms with Gasteiger partial charge in [0.15, 0.2) is 5.43 Å². The average molecular weight is 770 g/mol. The third kappa shape index (κ3) is 7.73. The number of nitrogens with one attached hydrogen (secondary N) is 2. The molecule has 3 aromatic carbocycles. The Labute approximate surface area is 323 Å². The molecule has 0 fully saturated rings. The van der Waals surface area contributed by atoms with Crippen LogP contribution < -0.4 is 26.6 Å². The summed E-state index contributed by atoms with van der Waals surface area (Å²) in [5.74, 6) is -4.52. The van der Waals surface area contributed by atoms with Crippen molar-refractivity contribution in [3.63, 3.8) is 0 Å². The Kier molecular flexibility index (Phi) is 10.2. The van der Waals surface area contributed by atoms with Crippen LogP contribution in [0.1, 0.15) is 39.0 Å². The van der Waals surface area contributed by atoms with Crippen LogP contribution in [-0.4, -0.2) is 53.2 Å². The molecule has 2 aliphatic carbocycles. The standard InChI is InChI=1S/C43H35N3O11/c1-46(2)26-8-11-28-25(17-38(50)56-35(28)18-26)16-37(49)44-20-22-3-5-23(6-4-22)41(51)45-21-33-34(48)14-13-31-39(30-12-9-27(47)19-36(30)57-40(31)33)29-10-7-24(42(52)53)15-32(29)43(54)55/h3-6,8-15,17-19,24,48H,7,16,20-21H2,1-2H3,(H,44,49)(H,45,51)(H,52,53)(H,54,55). The molecule has 4 aromatic rings. The fourth-order valence-electron chi connectivity index (χ4n) is 6.87. The minimum Gasteiger partial charge on any atom is -0.507 e. The summed E-state index contributed by atoms with van der Waals surface area (Å²) < 4.78 is 11.5. The van der Waals surface area contributed by atoms with Crippen molar-refractivity contribution in [2.75, 3.05) is 19.0 Å². The maximum atomic E-state index is 13.3. The van der Waals surface area contributed by atoms with Crippen molar-refractivity contribution in [1.82, 2.24) is 10.6 Å². The molecule has 0 bridgehead atoms. The number of carboxylic acid groups (broad SMARTS) is 2. The zero-order valence-electron chi connectivity index (χ0n) is 30.6. The predicted molar refractivity (Wildman–Crippen MR) is 210 cm³/mol. The van der Waals surface area contributed by atoms with Crippen LogP contribution >= 0.6 is 0 Å². The summed E-state index contributed by atoms with van der Waals surface area (Å²) >= 11 is 0. The molecular weight excluding hydrogens is 734 g/mol. The van der Waals surface area contributed by atoms with Crippen LogP contribution in [0.25, 0.3) is 38.8 Å². The first-order valence-electron chi connectivity index (χ1n) is 17.8. The number of carboxylic acids is 2. The van der Waals surface area contributed by atoms with Crippen LogP contribution in [0, 0.1) is 5.92 Å². The number of hydrogen-bond donors (Lipinski definition) is 5. The third-order valence-electron chi connectivity index (χ3n) is 9.80. The van der Waals surface area contributed by atoms with E-state index >= 15 is 0 Å². The number of nitrogens with zero attached hydrogens (tertiary/aromatic N) is 1. The highest BCUT2D eigenvalue weighted by molar-refractivity contribution is 6.13. The van der Waals surface area contributed by atoms with Gasteiger partial charge in [0.05, 0.1) is 30.0 Å². The summed E-state index contributed by atoms with van der Waals surface area (Å²) in [6.07, 6.45) is 2.67. The average Bonchev–Trinajstić information content (AvgIpc) is 3.18. The molecule has 57 heavy (non-hydrogen) atoms. The number of benzene rings is 4. The molecule has 7 rings (SSSR count). The Hall–Kier alpha value is -7.48. The number of allylic oxidation sites excluding steroid dienone is 1. The van der Waals surface area contributed by atoms with Gasteiger partial charge in [-0.15, -0.1) is 0 Å². The minimum absolute atomic E-state index is 0.0196. The van der Waals surface area contributed by atoms with E-state index in [1.54, 1.807) is 30.3 Å². The van der Waals surface area contributed by atoms with Crippen LogP contribution in [0.3, 0.4) is 0 Å². The number of phenolic OH excluding ortho intramolecular Hbond substituents is 1. The summed E-state index contributed by atoms with van der Waals surface area (Å²) in [5, 5.41) is 37.3. The quantitative estimate of drug-likeness (QED) is 0.0863. The SMILES string of the molecule is CN(C)c1ccc2c(CC(=O)NCc3ccc(C(=O)NCc4c(O)ccc5c(C6=CCC(C(=O)O)C=C6C(=O)O)c6ccc(=O)cc-6oc45)cc3)cc(=O)oc2c1. The summed E-state index contributed by atoms with van der Waals surface area (Å²) in [6.45, 7) is -0.0696. The molecule has 1 atom stereocenters. The topological polar surface area (TPSA) is 217 Å². The number of amides is 2. The number of phenols is 1. The molecule has 2 heterocycles. The van der Waals surface area contributed by atoms with Crippen LogP contribution in [0.15, 0.2) is 115 Å². The van der Waals surface area contributed by atoms with E-state index in [9.17, 15) is 44.1 Å². The lowest BCUT2D eigenvalue weighted by Crippen LogP contribution is -2.25. The largest absolute Gasteiger partial charge is 0.507 e. The number of hydrogen-bond acceptors (Lipinski definition) is 10. The molecule has 1 aliphatic heterocycles. The predicted octanol–water partition coefficient (Wildman–Crippen LogP) is 5.06. The fourth-order valence-corrected chi connectivity index (χ4v) is 6.87. The summed E-state index contributed by atoms with van der Waals surface area (Å²) in [6, 6.07) is 20.1. The molecule has 3 aliphatic rings. The molecule has 1 aromatic heterocycles. The number of aromatic hydroxyl groups is 1. The highest BCUT2D eigenvalue weighted by Gasteiger charge is 2.30. The van der Waals surface area contributed by atoms with E-state index in [0.29, 0.717) is 38.6 Å². The first-order chi connectivity index (χ1) is 27.3. The van der Waals surface area contributed by atoms with E-state index in [-0.39, 0.29) is 76.6 Å². The van der Waals surface area contributed by atoms with Crippen LogP contribution in [0.5, 0.6) is 5.75 Å². The van der Waals surface area contributed by atoms with Crippen molar-refractivity contribution in [2.24, 2.45) is 5.92 Å². The van der Waals surface area contributed by atoms with Gasteiger partial charge in [0.1, 0.15) is 22.7 Å². The van der Waals surface area contributed by atoms with Crippen molar-refractivity contribution in [3.05, 3.63) is 145 Å². The lowest BCUT2D eigenvalue weighted by atomic mass is 9.83. The highest BCUT2D eigenvalue weighted by Crippen LogP contribution is 2.44. The molecule has 0 saturated heterocycles. The Balaban J connectivity index is 1.08. The zero-order valence-corrected chi connectivity index (χ0v) is 30.6.